The number of rotatable bonds is 3. The minimum Gasteiger partial charge on any atom is -0.334 e. The van der Waals surface area contributed by atoms with E-state index in [4.69, 9.17) is 0 Å². The highest BCUT2D eigenvalue weighted by atomic mass is 32.2. The zero-order valence-electron chi connectivity index (χ0n) is 15.4. The van der Waals surface area contributed by atoms with Crippen LogP contribution in [0.5, 0.6) is 0 Å². The Morgan fingerprint density at radius 3 is 2.33 bits per heavy atom. The first-order valence-corrected chi connectivity index (χ1v) is 10.1. The monoisotopic (exact) mass is 441 g/mol. The van der Waals surface area contributed by atoms with E-state index >= 15 is 0 Å². The van der Waals surface area contributed by atoms with E-state index in [1.807, 2.05) is 11.1 Å². The largest absolute Gasteiger partial charge is 0.449 e. The molecule has 3 rings (SSSR count). The van der Waals surface area contributed by atoms with Crippen LogP contribution in [-0.2, 0) is 16.0 Å². The molecule has 1 heterocycles. The number of hydrogen-bond acceptors (Lipinski definition) is 4. The van der Waals surface area contributed by atoms with E-state index in [-0.39, 0.29) is 16.8 Å². The Bertz CT molecular complexity index is 1300. The van der Waals surface area contributed by atoms with Gasteiger partial charge in [-0.1, -0.05) is 12.1 Å². The van der Waals surface area contributed by atoms with Crippen molar-refractivity contribution in [1.29, 1.82) is 5.26 Å². The van der Waals surface area contributed by atoms with Gasteiger partial charge in [-0.3, -0.25) is 0 Å². The number of aryl methyl sites for hydroxylation is 1. The van der Waals surface area contributed by atoms with Gasteiger partial charge in [-0.25, -0.2) is 22.2 Å². The summed E-state index contributed by atoms with van der Waals surface area (Å²) in [6, 6.07) is 6.90. The van der Waals surface area contributed by atoms with Crippen LogP contribution in [0.2, 0.25) is 0 Å². The van der Waals surface area contributed by atoms with Gasteiger partial charge in [0.25, 0.3) is 0 Å². The first-order valence-electron chi connectivity index (χ1n) is 8.20. The van der Waals surface area contributed by atoms with Crippen LogP contribution in [0.15, 0.2) is 35.2 Å². The molecule has 0 aliphatic heterocycles. The van der Waals surface area contributed by atoms with Gasteiger partial charge in [-0.15, -0.1) is 0 Å². The van der Waals surface area contributed by atoms with Crippen molar-refractivity contribution in [3.8, 4) is 28.6 Å². The van der Waals surface area contributed by atoms with Crippen LogP contribution in [0.25, 0.3) is 22.5 Å². The lowest BCUT2D eigenvalue weighted by Gasteiger charge is -2.08. The second kappa shape index (κ2) is 7.21. The summed E-state index contributed by atoms with van der Waals surface area (Å²) in [4.78, 5) is 4.49. The molecule has 1 N–H and O–H groups in total. The van der Waals surface area contributed by atoms with Gasteiger partial charge in [0.1, 0.15) is 16.5 Å². The van der Waals surface area contributed by atoms with Crippen LogP contribution in [-0.4, -0.2) is 24.6 Å². The number of benzene rings is 2. The first kappa shape index (κ1) is 21.4. The van der Waals surface area contributed by atoms with E-state index in [9.17, 15) is 35.6 Å². The molecular weight excluding hydrogens is 429 g/mol. The van der Waals surface area contributed by atoms with Gasteiger partial charge in [0.2, 0.25) is 5.82 Å². The normalized spacial score (nSPS) is 12.1. The second-order valence-electron chi connectivity index (χ2n) is 6.48. The Morgan fingerprint density at radius 2 is 1.77 bits per heavy atom. The number of hydrogen-bond donors (Lipinski definition) is 1. The van der Waals surface area contributed by atoms with Gasteiger partial charge in [-0.05, 0) is 30.7 Å². The molecule has 0 amide bonds. The summed E-state index contributed by atoms with van der Waals surface area (Å²) >= 11 is 0. The molecule has 0 saturated heterocycles. The van der Waals surface area contributed by atoms with Crippen LogP contribution >= 0.6 is 0 Å². The summed E-state index contributed by atoms with van der Waals surface area (Å²) in [6.45, 7) is 1.62. The molecule has 11 heteroatoms. The van der Waals surface area contributed by atoms with E-state index < -0.39 is 49.6 Å². The topological polar surface area (TPSA) is 86.6 Å². The number of aromatic amines is 1. The molecule has 0 unspecified atom stereocenters. The Balaban J connectivity index is 2.32. The average Bonchev–Trinajstić information content (AvgIpc) is 3.08. The van der Waals surface area contributed by atoms with Gasteiger partial charge >= 0.3 is 6.18 Å². The molecule has 0 aliphatic rings. The Kier molecular flexibility index (Phi) is 5.16. The molecule has 0 saturated carbocycles. The molecule has 5 nitrogen and oxygen atoms in total. The number of nitrogens with zero attached hydrogens (tertiary/aromatic N) is 2. The molecule has 0 bridgehead atoms. The summed E-state index contributed by atoms with van der Waals surface area (Å²) in [6.07, 6.45) is -4.25. The fourth-order valence-electron chi connectivity index (χ4n) is 2.81. The number of aromatic nitrogens is 2. The van der Waals surface area contributed by atoms with Crippen molar-refractivity contribution in [1.82, 2.24) is 9.97 Å². The Morgan fingerprint density at radius 1 is 1.10 bits per heavy atom. The molecule has 0 atom stereocenters. The van der Waals surface area contributed by atoms with Crippen molar-refractivity contribution in [3.63, 3.8) is 0 Å². The van der Waals surface area contributed by atoms with Gasteiger partial charge < -0.3 is 4.98 Å². The highest BCUT2D eigenvalue weighted by Crippen LogP contribution is 2.38. The van der Waals surface area contributed by atoms with Crippen molar-refractivity contribution >= 4 is 9.84 Å². The molecule has 30 heavy (non-hydrogen) atoms. The zero-order valence-corrected chi connectivity index (χ0v) is 16.2. The minimum absolute atomic E-state index is 0.0610. The lowest BCUT2D eigenvalue weighted by Crippen LogP contribution is -2.07. The molecule has 3 aromatic rings. The standard InChI is InChI=1S/C19H12F5N3O2S/c1-9-3-4-10(5-11(9)8-25)16-17(27-18(26-16)19(22,23)24)12-6-14(21)15(7-13(12)20)30(2,28)29/h3-7H,1-2H3,(H,26,27). The number of nitrogens with one attached hydrogen (secondary N) is 1. The Hall–Kier alpha value is -3.26. The maximum atomic E-state index is 14.6. The molecule has 0 aliphatic carbocycles. The van der Waals surface area contributed by atoms with Crippen molar-refractivity contribution in [2.75, 3.05) is 6.26 Å². The zero-order chi connectivity index (χ0) is 22.4. The van der Waals surface area contributed by atoms with E-state index in [1.165, 1.54) is 18.2 Å². The number of nitriles is 1. The Labute approximate surface area is 167 Å². The third-order valence-corrected chi connectivity index (χ3v) is 5.41. The number of alkyl halides is 3. The minimum atomic E-state index is -4.92. The fourth-order valence-corrected chi connectivity index (χ4v) is 3.54. The predicted molar refractivity (Wildman–Crippen MR) is 96.9 cm³/mol. The van der Waals surface area contributed by atoms with Crippen LogP contribution < -0.4 is 0 Å². The molecule has 1 aromatic heterocycles. The van der Waals surface area contributed by atoms with Crippen molar-refractivity contribution in [2.45, 2.75) is 18.0 Å². The summed E-state index contributed by atoms with van der Waals surface area (Å²) < 4.78 is 91.8. The van der Waals surface area contributed by atoms with Crippen LogP contribution in [0, 0.1) is 29.9 Å². The van der Waals surface area contributed by atoms with Gasteiger partial charge in [-0.2, -0.15) is 18.4 Å². The number of sulfone groups is 1. The van der Waals surface area contributed by atoms with E-state index in [0.717, 1.165) is 0 Å². The molecule has 0 radical (unpaired) electrons. The summed E-state index contributed by atoms with van der Waals surface area (Å²) in [5.74, 6) is -4.05. The maximum absolute atomic E-state index is 14.6. The van der Waals surface area contributed by atoms with Gasteiger partial charge in [0.15, 0.2) is 9.84 Å². The predicted octanol–water partition coefficient (Wildman–Crippen LogP) is 4.62. The van der Waals surface area contributed by atoms with E-state index in [1.54, 1.807) is 6.92 Å². The van der Waals surface area contributed by atoms with Gasteiger partial charge in [0.05, 0.1) is 23.0 Å². The van der Waals surface area contributed by atoms with E-state index in [0.29, 0.717) is 24.0 Å². The van der Waals surface area contributed by atoms with Crippen LogP contribution in [0.3, 0.4) is 0 Å². The van der Waals surface area contributed by atoms with E-state index in [2.05, 4.69) is 4.98 Å². The molecular formula is C19H12F5N3O2S. The first-order chi connectivity index (χ1) is 13.8. The number of H-pyrrole nitrogens is 1. The maximum Gasteiger partial charge on any atom is 0.449 e. The summed E-state index contributed by atoms with van der Waals surface area (Å²) in [5.41, 5.74) is -0.739. The van der Waals surface area contributed by atoms with Gasteiger partial charge in [0, 0.05) is 17.4 Å². The lowest BCUT2D eigenvalue weighted by molar-refractivity contribution is -0.144. The number of halogens is 5. The van der Waals surface area contributed by atoms with Crippen molar-refractivity contribution in [2.24, 2.45) is 0 Å². The second-order valence-corrected chi connectivity index (χ2v) is 8.47. The quantitative estimate of drug-likeness (QED) is 0.601. The SMILES string of the molecule is Cc1ccc(-c2nc(C(F)(F)F)[nH]c2-c2cc(F)c(S(C)(=O)=O)cc2F)cc1C#N. The molecule has 0 fully saturated rings. The highest BCUT2D eigenvalue weighted by molar-refractivity contribution is 7.90. The summed E-state index contributed by atoms with van der Waals surface area (Å²) in [5, 5.41) is 9.17. The molecule has 156 valence electrons. The highest BCUT2D eigenvalue weighted by Gasteiger charge is 2.36. The third-order valence-electron chi connectivity index (χ3n) is 4.29. The third kappa shape index (κ3) is 3.91. The summed E-state index contributed by atoms with van der Waals surface area (Å²) in [7, 11) is -4.11. The fraction of sp³-hybridized carbons (Fsp3) is 0.158. The smallest absolute Gasteiger partial charge is 0.334 e. The average molecular weight is 441 g/mol. The van der Waals surface area contributed by atoms with Crippen LogP contribution in [0.4, 0.5) is 22.0 Å². The van der Waals surface area contributed by atoms with Crippen LogP contribution in [0.1, 0.15) is 17.0 Å². The van der Waals surface area contributed by atoms with Crippen molar-refractivity contribution in [3.05, 3.63) is 58.9 Å². The number of imidazole rings is 1. The molecule has 0 spiro atoms. The lowest BCUT2D eigenvalue weighted by atomic mass is 10.0. The van der Waals surface area contributed by atoms with Crippen molar-refractivity contribution < 1.29 is 30.4 Å². The molecule has 2 aromatic carbocycles.